The van der Waals surface area contributed by atoms with Gasteiger partial charge in [0, 0.05) is 147 Å². The van der Waals surface area contributed by atoms with Crippen molar-refractivity contribution in [1.29, 1.82) is 0 Å². The van der Waals surface area contributed by atoms with Crippen LogP contribution in [-0.2, 0) is 40.0 Å². The van der Waals surface area contributed by atoms with Gasteiger partial charge in [0.1, 0.15) is 12.1 Å². The molecule has 4 rings (SSSR count). The van der Waals surface area contributed by atoms with Crippen molar-refractivity contribution in [3.63, 3.8) is 0 Å². The van der Waals surface area contributed by atoms with Gasteiger partial charge in [-0.05, 0) is 62.6 Å². The van der Waals surface area contributed by atoms with E-state index in [2.05, 4.69) is 41.8 Å². The Hall–Kier alpha value is -6.47. The van der Waals surface area contributed by atoms with Crippen molar-refractivity contribution in [3.05, 3.63) is 29.8 Å². The van der Waals surface area contributed by atoms with Crippen molar-refractivity contribution >= 4 is 77.4 Å². The maximum atomic E-state index is 12.5. The molecule has 2 fully saturated rings. The fourth-order valence-corrected chi connectivity index (χ4v) is 8.83. The van der Waals surface area contributed by atoms with E-state index in [4.69, 9.17) is 15.1 Å². The molecule has 3 atom stereocenters. The van der Waals surface area contributed by atoms with E-state index in [9.17, 15) is 73.8 Å². The molecule has 0 bridgehead atoms. The summed E-state index contributed by atoms with van der Waals surface area (Å²) in [7, 11) is 0. The Morgan fingerprint density at radius 1 is 0.588 bits per heavy atom. The van der Waals surface area contributed by atoms with Crippen molar-refractivity contribution in [2.45, 2.75) is 95.2 Å². The van der Waals surface area contributed by atoms with Crippen LogP contribution < -0.4 is 36.8 Å². The van der Waals surface area contributed by atoms with Crippen LogP contribution in [0.1, 0.15) is 76.2 Å². The van der Waals surface area contributed by atoms with Crippen LogP contribution in [0.5, 0.6) is 0 Å². The molecule has 2 aliphatic rings. The number of nitrogens with one attached hydrogen (secondary N) is 6. The second-order valence-electron chi connectivity index (χ2n) is 19.3. The van der Waals surface area contributed by atoms with Crippen molar-refractivity contribution in [3.8, 4) is 0 Å². The number of carbonyl (C=O) groups excluding carboxylic acids is 2. The second kappa shape index (κ2) is 36.7. The molecule has 0 saturated carbocycles. The van der Waals surface area contributed by atoms with Crippen LogP contribution in [-0.4, -0.2) is 247 Å². The van der Waals surface area contributed by atoms with Crippen LogP contribution in [0.15, 0.2) is 24.3 Å². The number of hydrogen-bond donors (Lipinski definition) is 13. The van der Waals surface area contributed by atoms with Crippen molar-refractivity contribution in [1.82, 2.24) is 55.8 Å². The van der Waals surface area contributed by atoms with E-state index in [0.29, 0.717) is 69.4 Å². The quantitative estimate of drug-likeness (QED) is 0.0435. The number of aromatic nitrogens is 3. The SMILES string of the molecule is O=C(O)CC[C@H](NC(=O)N[C@@H](CCCCNC(=O)CCCCCCCNc1nc(Nc2ccc(CC3CN(C(=O)O)CCN(CC(=O)O)CCN(CC(=O)O)CCN3CC(=O)O)cc2)nc(N2CCNCC2)n1)C(=O)O)C(=O)O.[Lu]. The third-order valence-electron chi connectivity index (χ3n) is 13.1. The fourth-order valence-electron chi connectivity index (χ4n) is 8.83. The van der Waals surface area contributed by atoms with E-state index in [-0.39, 0.29) is 127 Å². The summed E-state index contributed by atoms with van der Waals surface area (Å²) < 4.78 is 0. The molecule has 2 saturated heterocycles. The first-order valence-corrected chi connectivity index (χ1v) is 26.4. The van der Waals surface area contributed by atoms with E-state index in [0.717, 1.165) is 49.2 Å². The Kier molecular flexibility index (Phi) is 31.1. The van der Waals surface area contributed by atoms with E-state index in [1.165, 1.54) is 0 Å². The minimum absolute atomic E-state index is 0. The van der Waals surface area contributed by atoms with E-state index >= 15 is 0 Å². The number of piperazine rings is 1. The van der Waals surface area contributed by atoms with E-state index in [1.54, 1.807) is 26.8 Å². The standard InChI is InChI=1S/C49H76N14O16.Lu/c64-38(51-16-7-5-8-36(43(73)74)54-48(77)55-37(44(75)76)14-15-39(65)66)9-4-2-1-3-6-17-52-45-56-46(58-47(57-45)61-20-18-50-19-21-61)53-34-12-10-33(11-13-34)28-35-29-63(49(78)79)27-25-60(31-41(69)70)23-22-59(30-40(67)68)24-26-62(35)32-42(71)72;/h10-13,35-37,50H,1-9,14-32H2,(H,51,64)(H,65,66)(H,67,68)(H,69,70)(H,71,72)(H,73,74)(H,75,76)(H,78,79)(H2,54,55,77)(H2,52,53,56,57,58);/t35?,36-,37-;/m0./s1. The maximum Gasteiger partial charge on any atom is 0.407 e. The smallest absolute Gasteiger partial charge is 0.407 e. The Morgan fingerprint density at radius 3 is 1.75 bits per heavy atom. The van der Waals surface area contributed by atoms with Crippen LogP contribution in [0.4, 0.5) is 33.1 Å². The summed E-state index contributed by atoms with van der Waals surface area (Å²) in [5.41, 5.74) is 1.39. The van der Waals surface area contributed by atoms with Gasteiger partial charge in [-0.2, -0.15) is 15.0 Å². The Morgan fingerprint density at radius 2 is 1.15 bits per heavy atom. The van der Waals surface area contributed by atoms with Gasteiger partial charge < -0.3 is 77.4 Å². The van der Waals surface area contributed by atoms with Crippen LogP contribution in [0.25, 0.3) is 0 Å². The molecule has 13 N–H and O–H groups in total. The summed E-state index contributed by atoms with van der Waals surface area (Å²) in [5.74, 6) is -6.38. The Labute approximate surface area is 491 Å². The molecule has 2 aliphatic heterocycles. The number of aliphatic carboxylic acids is 6. The number of hydrogen-bond acceptors (Lipinski definition) is 19. The molecule has 1 radical (unpaired) electrons. The first-order valence-electron chi connectivity index (χ1n) is 26.4. The molecule has 80 heavy (non-hydrogen) atoms. The number of nitrogens with zero attached hydrogens (tertiary/aromatic N) is 8. The van der Waals surface area contributed by atoms with E-state index < -0.39 is 79.0 Å². The van der Waals surface area contributed by atoms with Gasteiger partial charge in [-0.25, -0.2) is 19.2 Å². The molecule has 4 amide bonds. The number of rotatable bonds is 32. The molecule has 2 aromatic rings. The molecule has 30 nitrogen and oxygen atoms in total. The van der Waals surface area contributed by atoms with Crippen LogP contribution >= 0.6 is 0 Å². The summed E-state index contributed by atoms with van der Waals surface area (Å²) in [4.78, 5) is 129. The number of unbranched alkanes of at least 4 members (excludes halogenated alkanes) is 5. The summed E-state index contributed by atoms with van der Waals surface area (Å²) in [6, 6.07) is 2.71. The number of carboxylic acids is 6. The van der Waals surface area contributed by atoms with Gasteiger partial charge >= 0.3 is 47.9 Å². The summed E-state index contributed by atoms with van der Waals surface area (Å²) in [6.45, 7) is 3.03. The number of urea groups is 1. The average Bonchev–Trinajstić information content (AvgIpc) is 3.40. The van der Waals surface area contributed by atoms with E-state index in [1.807, 2.05) is 12.1 Å². The predicted octanol–water partition coefficient (Wildman–Crippen LogP) is 0.199. The Balaban J connectivity index is 0.0000168. The average molecular weight is 1290 g/mol. The number of carbonyl (C=O) groups is 9. The summed E-state index contributed by atoms with van der Waals surface area (Å²) >= 11 is 0. The zero-order chi connectivity index (χ0) is 57.7. The Bertz CT molecular complexity index is 2340. The minimum atomic E-state index is -1.51. The third kappa shape index (κ3) is 27.1. The fraction of sp³-hybridized carbons (Fsp3) is 0.633. The third-order valence-corrected chi connectivity index (χ3v) is 13.1. The number of anilines is 4. The molecule has 1 unspecified atom stereocenters. The number of benzene rings is 1. The second-order valence-corrected chi connectivity index (χ2v) is 19.3. The monoisotopic (exact) mass is 1290 g/mol. The summed E-state index contributed by atoms with van der Waals surface area (Å²) in [5, 5.41) is 83.8. The van der Waals surface area contributed by atoms with Crippen molar-refractivity contribution in [2.24, 2.45) is 0 Å². The van der Waals surface area contributed by atoms with Crippen LogP contribution in [0.3, 0.4) is 0 Å². The number of amides is 4. The molecule has 3 heterocycles. The van der Waals surface area contributed by atoms with Crippen molar-refractivity contribution in [2.75, 3.05) is 120 Å². The molecule has 1 aromatic carbocycles. The molecular weight excluding hydrogens is 1220 g/mol. The topological polar surface area (TPSA) is 422 Å². The maximum absolute atomic E-state index is 12.5. The molecule has 0 spiro atoms. The minimum Gasteiger partial charge on any atom is -0.481 e. The first kappa shape index (κ1) is 67.8. The van der Waals surface area contributed by atoms with Gasteiger partial charge in [-0.15, -0.1) is 0 Å². The largest absolute Gasteiger partial charge is 0.481 e. The van der Waals surface area contributed by atoms with Gasteiger partial charge in [-0.1, -0.05) is 31.4 Å². The summed E-state index contributed by atoms with van der Waals surface area (Å²) in [6.07, 6.45) is 3.22. The van der Waals surface area contributed by atoms with Gasteiger partial charge in [0.25, 0.3) is 0 Å². The van der Waals surface area contributed by atoms with Gasteiger partial charge in [0.15, 0.2) is 0 Å². The molecule has 0 aliphatic carbocycles. The number of carboxylic acid groups (broad SMARTS) is 7. The predicted molar refractivity (Wildman–Crippen MR) is 284 cm³/mol. The van der Waals surface area contributed by atoms with Gasteiger partial charge in [0.05, 0.1) is 19.6 Å². The molecule has 453 valence electrons. The zero-order valence-electron chi connectivity index (χ0n) is 44.5. The zero-order valence-corrected chi connectivity index (χ0v) is 46.1. The normalized spacial score (nSPS) is 16.5. The molecule has 1 aromatic heterocycles. The molecular formula is C49H76LuN14O16. The van der Waals surface area contributed by atoms with Crippen LogP contribution in [0.2, 0.25) is 0 Å². The first-order chi connectivity index (χ1) is 37.7. The molecule has 31 heteroatoms. The van der Waals surface area contributed by atoms with Gasteiger partial charge in [0.2, 0.25) is 23.8 Å². The van der Waals surface area contributed by atoms with Gasteiger partial charge in [-0.3, -0.25) is 38.7 Å². The van der Waals surface area contributed by atoms with Crippen LogP contribution in [0, 0.1) is 36.9 Å². The van der Waals surface area contributed by atoms with Crippen molar-refractivity contribution < 1.29 is 116 Å².